The molecule has 0 saturated carbocycles. The molecular formula is C28H29FN4O2S. The maximum absolute atomic E-state index is 13.1. The highest BCUT2D eigenvalue weighted by Gasteiger charge is 2.15. The lowest BCUT2D eigenvalue weighted by Gasteiger charge is -2.25. The topological polar surface area (TPSA) is 58.6 Å². The third kappa shape index (κ3) is 7.69. The third-order valence-electron chi connectivity index (χ3n) is 5.59. The van der Waals surface area contributed by atoms with E-state index in [4.69, 9.17) is 4.74 Å². The Morgan fingerprint density at radius 2 is 1.58 bits per heavy atom. The van der Waals surface area contributed by atoms with Crippen molar-refractivity contribution in [1.82, 2.24) is 19.2 Å². The lowest BCUT2D eigenvalue weighted by molar-refractivity contribution is -0.131. The second-order valence-corrected chi connectivity index (χ2v) is 9.52. The van der Waals surface area contributed by atoms with Gasteiger partial charge in [0, 0.05) is 37.6 Å². The van der Waals surface area contributed by atoms with Crippen LogP contribution < -0.4 is 4.74 Å². The summed E-state index contributed by atoms with van der Waals surface area (Å²) >= 11 is 1.17. The Morgan fingerprint density at radius 3 is 2.28 bits per heavy atom. The molecule has 186 valence electrons. The van der Waals surface area contributed by atoms with E-state index in [2.05, 4.69) is 14.3 Å². The summed E-state index contributed by atoms with van der Waals surface area (Å²) in [5.41, 5.74) is 2.97. The van der Waals surface area contributed by atoms with Crippen LogP contribution in [0.2, 0.25) is 0 Å². The van der Waals surface area contributed by atoms with Crippen LogP contribution >= 0.6 is 11.5 Å². The van der Waals surface area contributed by atoms with E-state index in [9.17, 15) is 9.18 Å². The van der Waals surface area contributed by atoms with Crippen LogP contribution in [0.4, 0.5) is 4.39 Å². The molecule has 8 heteroatoms. The number of nitrogens with zero attached hydrogens (tertiary/aromatic N) is 4. The van der Waals surface area contributed by atoms with Crippen molar-refractivity contribution >= 4 is 17.4 Å². The van der Waals surface area contributed by atoms with Crippen LogP contribution in [0.1, 0.15) is 22.5 Å². The fourth-order valence-corrected chi connectivity index (χ4v) is 4.18. The molecule has 0 saturated heterocycles. The van der Waals surface area contributed by atoms with Crippen LogP contribution in [0.3, 0.4) is 0 Å². The number of carbonyl (C=O) groups is 1. The molecule has 0 spiro atoms. The van der Waals surface area contributed by atoms with Gasteiger partial charge in [0.05, 0.1) is 6.42 Å². The van der Waals surface area contributed by atoms with Crippen molar-refractivity contribution in [1.29, 1.82) is 0 Å². The molecule has 1 amide bonds. The predicted octanol–water partition coefficient (Wildman–Crippen LogP) is 5.19. The molecule has 4 aromatic rings. The molecule has 0 aliphatic carbocycles. The van der Waals surface area contributed by atoms with Crippen LogP contribution in [0.15, 0.2) is 78.9 Å². The first kappa shape index (κ1) is 25.5. The molecule has 0 radical (unpaired) electrons. The van der Waals surface area contributed by atoms with Crippen LogP contribution in [0, 0.1) is 5.82 Å². The summed E-state index contributed by atoms with van der Waals surface area (Å²) in [6.07, 6.45) is 0.829. The van der Waals surface area contributed by atoms with Gasteiger partial charge in [0.1, 0.15) is 11.6 Å². The number of hydrogen-bond donors (Lipinski definition) is 0. The molecule has 1 heterocycles. The number of amides is 1. The highest BCUT2D eigenvalue weighted by atomic mass is 32.1. The van der Waals surface area contributed by atoms with Crippen LogP contribution in [-0.2, 0) is 24.2 Å². The van der Waals surface area contributed by atoms with E-state index >= 15 is 0 Å². The average molecular weight is 505 g/mol. The number of aromatic nitrogens is 2. The minimum absolute atomic E-state index is 0.0870. The van der Waals surface area contributed by atoms with Gasteiger partial charge < -0.3 is 14.5 Å². The fourth-order valence-electron chi connectivity index (χ4n) is 3.62. The minimum atomic E-state index is -0.267. The third-order valence-corrected chi connectivity index (χ3v) is 6.23. The Hall–Kier alpha value is -3.62. The molecule has 6 nitrogen and oxygen atoms in total. The van der Waals surface area contributed by atoms with E-state index in [1.807, 2.05) is 73.6 Å². The van der Waals surface area contributed by atoms with Crippen molar-refractivity contribution in [3.05, 3.63) is 107 Å². The van der Waals surface area contributed by atoms with Crippen molar-refractivity contribution in [2.45, 2.75) is 19.4 Å². The van der Waals surface area contributed by atoms with Crippen molar-refractivity contribution in [3.8, 4) is 10.9 Å². The number of rotatable bonds is 11. The van der Waals surface area contributed by atoms with Crippen molar-refractivity contribution in [2.75, 3.05) is 27.2 Å². The van der Waals surface area contributed by atoms with Gasteiger partial charge in [-0.25, -0.2) is 4.39 Å². The molecule has 0 aliphatic rings. The number of likely N-dealkylation sites (N-methyl/N-ethyl adjacent to an activating group) is 1. The monoisotopic (exact) mass is 504 g/mol. The highest BCUT2D eigenvalue weighted by molar-refractivity contribution is 7.07. The highest BCUT2D eigenvalue weighted by Crippen LogP contribution is 2.24. The fraction of sp³-hybridized carbons (Fsp3) is 0.250. The van der Waals surface area contributed by atoms with E-state index in [0.717, 1.165) is 23.2 Å². The minimum Gasteiger partial charge on any atom is -0.430 e. The number of halogens is 1. The molecule has 0 bridgehead atoms. The van der Waals surface area contributed by atoms with Crippen LogP contribution in [0.25, 0.3) is 0 Å². The maximum Gasteiger partial charge on any atom is 0.298 e. The van der Waals surface area contributed by atoms with Crippen molar-refractivity contribution < 1.29 is 13.9 Å². The smallest absolute Gasteiger partial charge is 0.298 e. The van der Waals surface area contributed by atoms with Crippen LogP contribution in [-0.4, -0.2) is 52.2 Å². The zero-order chi connectivity index (χ0) is 25.3. The zero-order valence-corrected chi connectivity index (χ0v) is 21.2. The summed E-state index contributed by atoms with van der Waals surface area (Å²) in [4.78, 5) is 21.5. The van der Waals surface area contributed by atoms with Gasteiger partial charge in [-0.2, -0.15) is 9.36 Å². The van der Waals surface area contributed by atoms with E-state index in [0.29, 0.717) is 42.7 Å². The maximum atomic E-state index is 13.1. The predicted molar refractivity (Wildman–Crippen MR) is 140 cm³/mol. The first-order valence-corrected chi connectivity index (χ1v) is 12.5. The van der Waals surface area contributed by atoms with E-state index < -0.39 is 0 Å². The second-order valence-electron chi connectivity index (χ2n) is 8.81. The quantitative estimate of drug-likeness (QED) is 0.281. The Balaban J connectivity index is 1.34. The zero-order valence-electron chi connectivity index (χ0n) is 20.4. The average Bonchev–Trinajstić information content (AvgIpc) is 3.31. The lowest BCUT2D eigenvalue weighted by atomic mass is 10.1. The van der Waals surface area contributed by atoms with E-state index in [-0.39, 0.29) is 11.7 Å². The van der Waals surface area contributed by atoms with Gasteiger partial charge in [-0.05, 0) is 55.1 Å². The molecule has 0 aliphatic heterocycles. The van der Waals surface area contributed by atoms with Crippen molar-refractivity contribution in [3.63, 3.8) is 0 Å². The summed E-state index contributed by atoms with van der Waals surface area (Å²) in [7, 11) is 4.02. The molecule has 0 N–H and O–H groups in total. The molecule has 0 unspecified atom stereocenters. The van der Waals surface area contributed by atoms with Crippen LogP contribution in [0.5, 0.6) is 10.9 Å². The van der Waals surface area contributed by atoms with Gasteiger partial charge in [0.25, 0.3) is 5.19 Å². The second kappa shape index (κ2) is 12.4. The first-order chi connectivity index (χ1) is 17.4. The summed E-state index contributed by atoms with van der Waals surface area (Å²) in [6, 6.07) is 23.8. The van der Waals surface area contributed by atoms with Gasteiger partial charge in [-0.3, -0.25) is 4.79 Å². The van der Waals surface area contributed by atoms with Gasteiger partial charge in [0.2, 0.25) is 5.91 Å². The van der Waals surface area contributed by atoms with E-state index in [1.54, 1.807) is 12.1 Å². The number of benzene rings is 3. The molecule has 3 aromatic carbocycles. The summed E-state index contributed by atoms with van der Waals surface area (Å²) in [6.45, 7) is 2.06. The van der Waals surface area contributed by atoms with Gasteiger partial charge >= 0.3 is 0 Å². The van der Waals surface area contributed by atoms with Gasteiger partial charge in [-0.1, -0.05) is 54.6 Å². The SMILES string of the molecule is CN(C)CCN(Cc1ccccc1)C(=O)Cc1ccc(Oc2nc(Cc3ccc(F)cc3)ns2)cc1. The summed E-state index contributed by atoms with van der Waals surface area (Å²) < 4.78 is 23.3. The molecule has 0 fully saturated rings. The molecular weight excluding hydrogens is 475 g/mol. The standard InChI is InChI=1S/C28H29FN4O2S/c1-32(2)16-17-33(20-23-6-4-3-5-7-23)27(34)19-22-10-14-25(15-11-22)35-28-30-26(31-36-28)18-21-8-12-24(29)13-9-21/h3-15H,16-20H2,1-2H3. The Labute approximate surface area is 215 Å². The van der Waals surface area contributed by atoms with E-state index in [1.165, 1.54) is 23.7 Å². The summed E-state index contributed by atoms with van der Waals surface area (Å²) in [5.74, 6) is 1.07. The lowest BCUT2D eigenvalue weighted by Crippen LogP contribution is -2.37. The molecule has 0 atom stereocenters. The first-order valence-electron chi connectivity index (χ1n) is 11.7. The normalized spacial score (nSPS) is 11.0. The van der Waals surface area contributed by atoms with Gasteiger partial charge in [-0.15, -0.1) is 0 Å². The molecule has 4 rings (SSSR count). The number of hydrogen-bond acceptors (Lipinski definition) is 6. The number of carbonyl (C=O) groups excluding carboxylic acids is 1. The number of ether oxygens (including phenoxy) is 1. The summed E-state index contributed by atoms with van der Waals surface area (Å²) in [5, 5.41) is 0.439. The Morgan fingerprint density at radius 1 is 0.889 bits per heavy atom. The Bertz CT molecular complexity index is 1240. The molecule has 36 heavy (non-hydrogen) atoms. The largest absolute Gasteiger partial charge is 0.430 e. The van der Waals surface area contributed by atoms with Gasteiger partial charge in [0.15, 0.2) is 5.82 Å². The van der Waals surface area contributed by atoms with Crippen molar-refractivity contribution in [2.24, 2.45) is 0 Å². The molecule has 1 aromatic heterocycles. The Kier molecular flexibility index (Phi) is 8.76.